The number of carboxylic acid groups (broad SMARTS) is 1. The number of halogens is 4. The molecule has 0 atom stereocenters. The van der Waals surface area contributed by atoms with Crippen molar-refractivity contribution in [3.05, 3.63) is 89.5 Å². The predicted octanol–water partition coefficient (Wildman–Crippen LogP) is 5.16. The Kier molecular flexibility index (Phi) is 6.79. The molecule has 3 aromatic rings. The highest BCUT2D eigenvalue weighted by Gasteiger charge is 2.32. The van der Waals surface area contributed by atoms with Crippen LogP contribution >= 0.6 is 16.1 Å². The molecule has 2 N–H and O–H groups in total. The number of amides is 1. The van der Waals surface area contributed by atoms with E-state index in [0.29, 0.717) is 9.40 Å². The molecule has 0 aliphatic carbocycles. The lowest BCUT2D eigenvalue weighted by atomic mass is 10.1. The second kappa shape index (κ2) is 9.24. The summed E-state index contributed by atoms with van der Waals surface area (Å²) in [5.74, 6) is -2.04. The zero-order chi connectivity index (χ0) is 24.4. The first-order chi connectivity index (χ1) is 15.4. The van der Waals surface area contributed by atoms with Gasteiger partial charge in [0.05, 0.1) is 43.5 Å². The van der Waals surface area contributed by atoms with Crippen LogP contribution in [0.3, 0.4) is 0 Å². The first-order valence-corrected chi connectivity index (χ1v) is 11.2. The number of rotatable bonds is 6. The number of aromatic carboxylic acids is 1. The Morgan fingerprint density at radius 1 is 0.939 bits per heavy atom. The molecule has 0 radical (unpaired) electrons. The van der Waals surface area contributed by atoms with Crippen molar-refractivity contribution in [1.29, 1.82) is 0 Å². The Morgan fingerprint density at radius 3 is 2.27 bits per heavy atom. The van der Waals surface area contributed by atoms with E-state index in [1.54, 1.807) is 0 Å². The van der Waals surface area contributed by atoms with Crippen molar-refractivity contribution in [2.75, 3.05) is 8.65 Å². The summed E-state index contributed by atoms with van der Waals surface area (Å²) in [5, 5.41) is 11.6. The van der Waals surface area contributed by atoms with Crippen LogP contribution in [-0.4, -0.2) is 25.4 Å². The molecule has 0 unspecified atom stereocenters. The topological polar surface area (TPSA) is 104 Å². The van der Waals surface area contributed by atoms with E-state index in [0.717, 1.165) is 18.2 Å². The van der Waals surface area contributed by atoms with E-state index in [2.05, 4.69) is 21.5 Å². The molecule has 12 heteroatoms. The van der Waals surface area contributed by atoms with Crippen LogP contribution in [-0.2, 0) is 16.2 Å². The normalized spacial score (nSPS) is 11.6. The lowest BCUT2D eigenvalue weighted by Crippen LogP contribution is -2.22. The highest BCUT2D eigenvalue weighted by atomic mass is 79.9. The third kappa shape index (κ3) is 5.34. The molecule has 0 saturated heterocycles. The number of sulfonamides is 1. The van der Waals surface area contributed by atoms with E-state index < -0.39 is 33.6 Å². The number of nitrogens with one attached hydrogen (secondary N) is 1. The molecule has 3 aromatic carbocycles. The SMILES string of the molecule is O=C(Nc1ccccc1C(=O)O)c1cccc(S(=O)(=O)N(Br)c2cccc(C(F)(F)F)c2)c1. The molecule has 7 nitrogen and oxygen atoms in total. The summed E-state index contributed by atoms with van der Waals surface area (Å²) in [4.78, 5) is 23.5. The molecule has 0 bridgehead atoms. The Bertz CT molecular complexity index is 1330. The maximum absolute atomic E-state index is 13.0. The number of anilines is 2. The molecule has 0 spiro atoms. The minimum Gasteiger partial charge on any atom is -0.478 e. The molecule has 0 aromatic heterocycles. The number of carbonyl (C=O) groups excluding carboxylic acids is 1. The third-order valence-corrected chi connectivity index (χ3v) is 7.42. The van der Waals surface area contributed by atoms with Crippen LogP contribution < -0.4 is 8.65 Å². The number of carbonyl (C=O) groups is 2. The fourth-order valence-corrected chi connectivity index (χ4v) is 4.62. The van der Waals surface area contributed by atoms with Gasteiger partial charge >= 0.3 is 12.1 Å². The molecular weight excluding hydrogens is 529 g/mol. The zero-order valence-electron chi connectivity index (χ0n) is 16.4. The monoisotopic (exact) mass is 542 g/mol. The molecule has 0 saturated carbocycles. The van der Waals surface area contributed by atoms with E-state index in [9.17, 15) is 36.3 Å². The molecule has 3 rings (SSSR count). The molecule has 0 heterocycles. The summed E-state index contributed by atoms with van der Waals surface area (Å²) in [6, 6.07) is 14.1. The van der Waals surface area contributed by atoms with Crippen molar-refractivity contribution in [1.82, 2.24) is 0 Å². The summed E-state index contributed by atoms with van der Waals surface area (Å²) < 4.78 is 65.4. The smallest absolute Gasteiger partial charge is 0.416 e. The first-order valence-electron chi connectivity index (χ1n) is 9.03. The maximum atomic E-state index is 13.0. The Hall–Kier alpha value is -3.38. The number of nitrogens with zero attached hydrogens (tertiary/aromatic N) is 1. The predicted molar refractivity (Wildman–Crippen MR) is 118 cm³/mol. The average molecular weight is 543 g/mol. The zero-order valence-corrected chi connectivity index (χ0v) is 18.8. The van der Waals surface area contributed by atoms with E-state index in [1.165, 1.54) is 48.5 Å². The van der Waals surface area contributed by atoms with Gasteiger partial charge in [0.25, 0.3) is 15.9 Å². The Morgan fingerprint density at radius 2 is 1.61 bits per heavy atom. The quantitative estimate of drug-likeness (QED) is 0.418. The largest absolute Gasteiger partial charge is 0.478 e. The minimum absolute atomic E-state index is 0.00865. The number of benzene rings is 3. The van der Waals surface area contributed by atoms with Gasteiger partial charge in [-0.3, -0.25) is 4.79 Å². The molecular formula is C21H14BrF3N2O5S. The summed E-state index contributed by atoms with van der Waals surface area (Å²) >= 11 is 2.80. The van der Waals surface area contributed by atoms with Gasteiger partial charge in [0.15, 0.2) is 0 Å². The van der Waals surface area contributed by atoms with Crippen LogP contribution in [0.2, 0.25) is 0 Å². The molecule has 1 amide bonds. The van der Waals surface area contributed by atoms with Crippen molar-refractivity contribution in [3.8, 4) is 0 Å². The Labute approximate surface area is 194 Å². The summed E-state index contributed by atoms with van der Waals surface area (Å²) in [6.07, 6.45) is -4.67. The van der Waals surface area contributed by atoms with E-state index in [1.807, 2.05) is 0 Å². The van der Waals surface area contributed by atoms with Gasteiger partial charge in [-0.15, -0.1) is 0 Å². The second-order valence-corrected chi connectivity index (χ2v) is 9.57. The van der Waals surface area contributed by atoms with Gasteiger partial charge in [0.2, 0.25) is 0 Å². The third-order valence-electron chi connectivity index (χ3n) is 4.39. The minimum atomic E-state index is -4.67. The summed E-state index contributed by atoms with van der Waals surface area (Å²) in [5.41, 5.74) is -1.60. The summed E-state index contributed by atoms with van der Waals surface area (Å²) in [7, 11) is -4.40. The van der Waals surface area contributed by atoms with Gasteiger partial charge in [-0.1, -0.05) is 24.3 Å². The maximum Gasteiger partial charge on any atom is 0.416 e. The van der Waals surface area contributed by atoms with Gasteiger partial charge in [0.1, 0.15) is 0 Å². The van der Waals surface area contributed by atoms with Gasteiger partial charge in [-0.25, -0.2) is 13.2 Å². The lowest BCUT2D eigenvalue weighted by molar-refractivity contribution is -0.137. The van der Waals surface area contributed by atoms with Crippen LogP contribution in [0.25, 0.3) is 0 Å². The van der Waals surface area contributed by atoms with Crippen LogP contribution in [0.1, 0.15) is 26.3 Å². The van der Waals surface area contributed by atoms with Crippen LogP contribution in [0.4, 0.5) is 24.5 Å². The van der Waals surface area contributed by atoms with Crippen molar-refractivity contribution in [2.24, 2.45) is 0 Å². The molecule has 0 aliphatic heterocycles. The van der Waals surface area contributed by atoms with Gasteiger partial charge in [-0.2, -0.15) is 16.5 Å². The number of alkyl halides is 3. The van der Waals surface area contributed by atoms with Crippen molar-refractivity contribution in [3.63, 3.8) is 0 Å². The van der Waals surface area contributed by atoms with Crippen LogP contribution in [0.5, 0.6) is 0 Å². The number of carboxylic acids is 1. The number of hydrogen-bond acceptors (Lipinski definition) is 4. The van der Waals surface area contributed by atoms with Gasteiger partial charge in [-0.05, 0) is 48.5 Å². The van der Waals surface area contributed by atoms with Crippen molar-refractivity contribution >= 4 is 49.4 Å². The number of hydrogen-bond donors (Lipinski definition) is 2. The highest BCUT2D eigenvalue weighted by Crippen LogP contribution is 2.34. The summed E-state index contributed by atoms with van der Waals surface area (Å²) in [6.45, 7) is 0. The molecule has 172 valence electrons. The van der Waals surface area contributed by atoms with Crippen molar-refractivity contribution in [2.45, 2.75) is 11.1 Å². The standard InChI is InChI=1S/C21H14BrF3N2O5S/c22-27(15-7-4-6-14(12-15)21(23,24)25)33(31,32)16-8-3-5-13(11-16)19(28)26-18-10-2-1-9-17(18)20(29)30/h1-12H,(H,26,28)(H,29,30). The van der Waals surface area contributed by atoms with Gasteiger partial charge < -0.3 is 10.4 Å². The number of para-hydroxylation sites is 1. The fourth-order valence-electron chi connectivity index (χ4n) is 2.79. The Balaban J connectivity index is 1.91. The van der Waals surface area contributed by atoms with Crippen LogP contribution in [0.15, 0.2) is 77.7 Å². The van der Waals surface area contributed by atoms with E-state index in [4.69, 9.17) is 0 Å². The fraction of sp³-hybridized carbons (Fsp3) is 0.0476. The molecule has 0 aliphatic rings. The van der Waals surface area contributed by atoms with E-state index in [-0.39, 0.29) is 27.4 Å². The second-order valence-electron chi connectivity index (χ2n) is 6.60. The highest BCUT2D eigenvalue weighted by molar-refractivity contribution is 9.11. The molecule has 0 fully saturated rings. The first kappa shape index (κ1) is 24.3. The van der Waals surface area contributed by atoms with Crippen LogP contribution in [0, 0.1) is 0 Å². The molecule has 33 heavy (non-hydrogen) atoms. The van der Waals surface area contributed by atoms with Crippen molar-refractivity contribution < 1.29 is 36.3 Å². The lowest BCUT2D eigenvalue weighted by Gasteiger charge is -2.18. The average Bonchev–Trinajstić information content (AvgIpc) is 2.78. The van der Waals surface area contributed by atoms with E-state index >= 15 is 0 Å². The van der Waals surface area contributed by atoms with Gasteiger partial charge in [0, 0.05) is 5.56 Å².